The molecule has 0 radical (unpaired) electrons. The maximum atomic E-state index is 11.4. The molecule has 2 N–H and O–H groups in total. The zero-order valence-electron chi connectivity index (χ0n) is 9.55. The molecule has 0 fully saturated rings. The molecule has 90 valence electrons. The second-order valence-electron chi connectivity index (χ2n) is 3.69. The Kier molecular flexibility index (Phi) is 5.80. The fourth-order valence-electron chi connectivity index (χ4n) is 1.17. The third kappa shape index (κ3) is 4.96. The summed E-state index contributed by atoms with van der Waals surface area (Å²) in [4.78, 5) is 12.6. The number of hydrogen-bond donors (Lipinski definition) is 2. The lowest BCUT2D eigenvalue weighted by atomic mass is 10.2. The van der Waals surface area contributed by atoms with Gasteiger partial charge in [-0.05, 0) is 25.5 Å². The Labute approximate surface area is 105 Å². The van der Waals surface area contributed by atoms with Crippen molar-refractivity contribution in [3.63, 3.8) is 0 Å². The quantitative estimate of drug-likeness (QED) is 0.825. The highest BCUT2D eigenvalue weighted by molar-refractivity contribution is 7.16. The van der Waals surface area contributed by atoms with Gasteiger partial charge in [-0.1, -0.05) is 18.5 Å². The molecule has 16 heavy (non-hydrogen) atoms. The van der Waals surface area contributed by atoms with E-state index in [0.29, 0.717) is 13.1 Å². The summed E-state index contributed by atoms with van der Waals surface area (Å²) in [6, 6.07) is 4.07. The standard InChI is InChI=1S/C11H17ClN2OS/c1-3-8(2)14-11(15)7-13-6-9-4-5-10(12)16-9/h4-5,8,13H,3,6-7H2,1-2H3,(H,14,15). The minimum absolute atomic E-state index is 0.0389. The van der Waals surface area contributed by atoms with Crippen molar-refractivity contribution >= 4 is 28.8 Å². The van der Waals surface area contributed by atoms with Crippen LogP contribution in [0.3, 0.4) is 0 Å². The van der Waals surface area contributed by atoms with Crippen LogP contribution in [0, 0.1) is 0 Å². The molecule has 0 aromatic carbocycles. The molecule has 0 aliphatic rings. The van der Waals surface area contributed by atoms with Gasteiger partial charge in [0.15, 0.2) is 0 Å². The van der Waals surface area contributed by atoms with Crippen LogP contribution in [0.2, 0.25) is 4.34 Å². The molecule has 1 amide bonds. The van der Waals surface area contributed by atoms with Crippen LogP contribution in [-0.2, 0) is 11.3 Å². The van der Waals surface area contributed by atoms with Gasteiger partial charge in [-0.3, -0.25) is 4.79 Å². The molecular formula is C11H17ClN2OS. The first-order valence-electron chi connectivity index (χ1n) is 5.36. The van der Waals surface area contributed by atoms with Crippen LogP contribution in [-0.4, -0.2) is 18.5 Å². The van der Waals surface area contributed by atoms with Gasteiger partial charge >= 0.3 is 0 Å². The lowest BCUT2D eigenvalue weighted by molar-refractivity contribution is -0.120. The fraction of sp³-hybridized carbons (Fsp3) is 0.545. The van der Waals surface area contributed by atoms with E-state index in [1.54, 1.807) is 0 Å². The molecule has 0 aliphatic carbocycles. The van der Waals surface area contributed by atoms with Crippen LogP contribution in [0.25, 0.3) is 0 Å². The molecule has 0 spiro atoms. The molecule has 1 heterocycles. The summed E-state index contributed by atoms with van der Waals surface area (Å²) in [5.74, 6) is 0.0389. The Hall–Kier alpha value is -0.580. The Morgan fingerprint density at radius 2 is 2.31 bits per heavy atom. The van der Waals surface area contributed by atoms with E-state index >= 15 is 0 Å². The summed E-state index contributed by atoms with van der Waals surface area (Å²) < 4.78 is 0.779. The minimum Gasteiger partial charge on any atom is -0.353 e. The zero-order chi connectivity index (χ0) is 12.0. The van der Waals surface area contributed by atoms with E-state index in [2.05, 4.69) is 10.6 Å². The summed E-state index contributed by atoms with van der Waals surface area (Å²) in [6.45, 7) is 5.08. The molecular weight excluding hydrogens is 244 g/mol. The van der Waals surface area contributed by atoms with E-state index in [9.17, 15) is 4.79 Å². The monoisotopic (exact) mass is 260 g/mol. The number of nitrogens with one attached hydrogen (secondary N) is 2. The van der Waals surface area contributed by atoms with Crippen LogP contribution in [0.4, 0.5) is 0 Å². The molecule has 1 atom stereocenters. The van der Waals surface area contributed by atoms with Crippen LogP contribution in [0.5, 0.6) is 0 Å². The van der Waals surface area contributed by atoms with Crippen molar-refractivity contribution in [3.05, 3.63) is 21.3 Å². The summed E-state index contributed by atoms with van der Waals surface area (Å²) in [7, 11) is 0. The number of thiophene rings is 1. The van der Waals surface area contributed by atoms with Gasteiger partial charge in [0.1, 0.15) is 0 Å². The summed E-state index contributed by atoms with van der Waals surface area (Å²) in [6.07, 6.45) is 0.951. The third-order valence-electron chi connectivity index (χ3n) is 2.23. The van der Waals surface area contributed by atoms with E-state index in [1.165, 1.54) is 11.3 Å². The normalized spacial score (nSPS) is 12.4. The molecule has 0 saturated carbocycles. The van der Waals surface area contributed by atoms with E-state index in [1.807, 2.05) is 26.0 Å². The number of rotatable bonds is 6. The van der Waals surface area contributed by atoms with E-state index in [-0.39, 0.29) is 11.9 Å². The van der Waals surface area contributed by atoms with Gasteiger partial charge in [-0.2, -0.15) is 0 Å². The number of carbonyl (C=O) groups is 1. The highest BCUT2D eigenvalue weighted by Gasteiger charge is 2.05. The first-order valence-corrected chi connectivity index (χ1v) is 6.55. The molecule has 0 saturated heterocycles. The van der Waals surface area contributed by atoms with Crippen LogP contribution < -0.4 is 10.6 Å². The van der Waals surface area contributed by atoms with Gasteiger partial charge < -0.3 is 10.6 Å². The average molecular weight is 261 g/mol. The predicted molar refractivity (Wildman–Crippen MR) is 68.9 cm³/mol. The highest BCUT2D eigenvalue weighted by atomic mass is 35.5. The van der Waals surface area contributed by atoms with Crippen LogP contribution in [0.1, 0.15) is 25.1 Å². The third-order valence-corrected chi connectivity index (χ3v) is 3.46. The van der Waals surface area contributed by atoms with Crippen molar-refractivity contribution in [1.29, 1.82) is 0 Å². The molecule has 1 aromatic heterocycles. The number of hydrogen-bond acceptors (Lipinski definition) is 3. The molecule has 1 aromatic rings. The largest absolute Gasteiger partial charge is 0.353 e. The topological polar surface area (TPSA) is 41.1 Å². The number of carbonyl (C=O) groups excluding carboxylic acids is 1. The van der Waals surface area contributed by atoms with E-state index < -0.39 is 0 Å². The first-order chi connectivity index (χ1) is 7.61. The highest BCUT2D eigenvalue weighted by Crippen LogP contribution is 2.20. The summed E-state index contributed by atoms with van der Waals surface area (Å²) >= 11 is 7.33. The Morgan fingerprint density at radius 3 is 2.88 bits per heavy atom. The lowest BCUT2D eigenvalue weighted by Crippen LogP contribution is -2.38. The van der Waals surface area contributed by atoms with E-state index in [0.717, 1.165) is 15.6 Å². The van der Waals surface area contributed by atoms with Crippen LogP contribution in [0.15, 0.2) is 12.1 Å². The van der Waals surface area contributed by atoms with Crippen molar-refractivity contribution in [2.24, 2.45) is 0 Å². The minimum atomic E-state index is 0.0389. The van der Waals surface area contributed by atoms with Gasteiger partial charge in [0, 0.05) is 17.5 Å². The molecule has 5 heteroatoms. The molecule has 3 nitrogen and oxygen atoms in total. The van der Waals surface area contributed by atoms with Gasteiger partial charge in [0.05, 0.1) is 10.9 Å². The number of amides is 1. The second kappa shape index (κ2) is 6.89. The Bertz CT molecular complexity index is 340. The van der Waals surface area contributed by atoms with Crippen molar-refractivity contribution < 1.29 is 4.79 Å². The molecule has 0 aliphatic heterocycles. The van der Waals surface area contributed by atoms with Gasteiger partial charge in [-0.25, -0.2) is 0 Å². The average Bonchev–Trinajstić information content (AvgIpc) is 2.64. The van der Waals surface area contributed by atoms with E-state index in [4.69, 9.17) is 11.6 Å². The van der Waals surface area contributed by atoms with Gasteiger partial charge in [0.2, 0.25) is 5.91 Å². The number of halogens is 1. The first kappa shape index (κ1) is 13.5. The van der Waals surface area contributed by atoms with Crippen molar-refractivity contribution in [3.8, 4) is 0 Å². The van der Waals surface area contributed by atoms with Gasteiger partial charge in [-0.15, -0.1) is 11.3 Å². The van der Waals surface area contributed by atoms with Crippen molar-refractivity contribution in [2.75, 3.05) is 6.54 Å². The SMILES string of the molecule is CCC(C)NC(=O)CNCc1ccc(Cl)s1. The second-order valence-corrected chi connectivity index (χ2v) is 5.49. The molecule has 0 bridgehead atoms. The molecule has 1 unspecified atom stereocenters. The van der Waals surface area contributed by atoms with Gasteiger partial charge in [0.25, 0.3) is 0 Å². The van der Waals surface area contributed by atoms with Crippen molar-refractivity contribution in [2.45, 2.75) is 32.9 Å². The Balaban J connectivity index is 2.18. The van der Waals surface area contributed by atoms with Crippen molar-refractivity contribution in [1.82, 2.24) is 10.6 Å². The zero-order valence-corrected chi connectivity index (χ0v) is 11.1. The summed E-state index contributed by atoms with van der Waals surface area (Å²) in [5.41, 5.74) is 0. The Morgan fingerprint density at radius 1 is 1.56 bits per heavy atom. The summed E-state index contributed by atoms with van der Waals surface area (Å²) in [5, 5.41) is 5.98. The van der Waals surface area contributed by atoms with Crippen LogP contribution >= 0.6 is 22.9 Å². The smallest absolute Gasteiger partial charge is 0.234 e. The maximum Gasteiger partial charge on any atom is 0.234 e. The molecule has 1 rings (SSSR count). The fourth-order valence-corrected chi connectivity index (χ4v) is 2.23. The maximum absolute atomic E-state index is 11.4. The lowest BCUT2D eigenvalue weighted by Gasteiger charge is -2.11. The predicted octanol–water partition coefficient (Wildman–Crippen LogP) is 2.41.